The Hall–Kier alpha value is -2.56. The summed E-state index contributed by atoms with van der Waals surface area (Å²) in [5, 5.41) is 6.61. The molecule has 2 N–H and O–H groups in total. The van der Waals surface area contributed by atoms with Gasteiger partial charge in [-0.1, -0.05) is 0 Å². The molecular formula is C21H24N4O. The average molecular weight is 348 g/mol. The molecule has 1 atom stereocenters. The second-order valence-corrected chi connectivity index (χ2v) is 7.82. The zero-order valence-corrected chi connectivity index (χ0v) is 15.1. The molecule has 1 saturated carbocycles. The molecule has 1 aliphatic carbocycles. The van der Waals surface area contributed by atoms with Crippen LogP contribution < -0.4 is 10.6 Å². The predicted octanol–water partition coefficient (Wildman–Crippen LogP) is 2.33. The minimum atomic E-state index is 0.0272. The van der Waals surface area contributed by atoms with Gasteiger partial charge in [0.25, 0.3) is 5.91 Å². The zero-order valence-electron chi connectivity index (χ0n) is 15.1. The van der Waals surface area contributed by atoms with E-state index in [1.165, 1.54) is 24.1 Å². The SMILES string of the molecule is Cc1ccc(C2=CC=C3C(=C(C(=O)NCC4CC4)N2)[C@@H]2CCN3C2)cn1. The summed E-state index contributed by atoms with van der Waals surface area (Å²) in [5.74, 6) is 1.16. The summed E-state index contributed by atoms with van der Waals surface area (Å²) in [6.45, 7) is 4.90. The van der Waals surface area contributed by atoms with E-state index in [4.69, 9.17) is 0 Å². The number of aryl methyl sites for hydroxylation is 1. The van der Waals surface area contributed by atoms with E-state index in [2.05, 4.69) is 38.7 Å². The molecule has 4 aliphatic rings. The van der Waals surface area contributed by atoms with E-state index < -0.39 is 0 Å². The highest BCUT2D eigenvalue weighted by Crippen LogP contribution is 2.43. The molecule has 2 saturated heterocycles. The number of carbonyl (C=O) groups is 1. The van der Waals surface area contributed by atoms with E-state index >= 15 is 0 Å². The van der Waals surface area contributed by atoms with Gasteiger partial charge < -0.3 is 15.5 Å². The number of allylic oxidation sites excluding steroid dienone is 3. The minimum absolute atomic E-state index is 0.0272. The van der Waals surface area contributed by atoms with Gasteiger partial charge in [0.15, 0.2) is 0 Å². The van der Waals surface area contributed by atoms with Crippen molar-refractivity contribution in [3.05, 3.63) is 58.7 Å². The van der Waals surface area contributed by atoms with Gasteiger partial charge >= 0.3 is 0 Å². The largest absolute Gasteiger partial charge is 0.371 e. The van der Waals surface area contributed by atoms with Crippen LogP contribution in [0.1, 0.15) is 30.5 Å². The summed E-state index contributed by atoms with van der Waals surface area (Å²) >= 11 is 0. The van der Waals surface area contributed by atoms with Gasteiger partial charge in [0, 0.05) is 60.0 Å². The number of pyridine rings is 1. The van der Waals surface area contributed by atoms with Crippen molar-refractivity contribution < 1.29 is 4.79 Å². The van der Waals surface area contributed by atoms with Crippen molar-refractivity contribution in [2.45, 2.75) is 26.2 Å². The number of piperidine rings is 1. The van der Waals surface area contributed by atoms with Crippen LogP contribution in [-0.4, -0.2) is 35.4 Å². The molecule has 0 radical (unpaired) electrons. The molecule has 2 bridgehead atoms. The summed E-state index contributed by atoms with van der Waals surface area (Å²) in [6, 6.07) is 4.06. The maximum atomic E-state index is 13.0. The van der Waals surface area contributed by atoms with Crippen molar-refractivity contribution in [2.24, 2.45) is 11.8 Å². The summed E-state index contributed by atoms with van der Waals surface area (Å²) in [7, 11) is 0. The molecule has 0 aromatic carbocycles. The first-order valence-electron chi connectivity index (χ1n) is 9.59. The fourth-order valence-corrected chi connectivity index (χ4v) is 4.15. The first kappa shape index (κ1) is 15.7. The number of nitrogens with one attached hydrogen (secondary N) is 2. The monoisotopic (exact) mass is 348 g/mol. The maximum absolute atomic E-state index is 13.0. The van der Waals surface area contributed by atoms with Gasteiger partial charge in [0.2, 0.25) is 0 Å². The van der Waals surface area contributed by atoms with Crippen molar-refractivity contribution in [3.63, 3.8) is 0 Å². The van der Waals surface area contributed by atoms with Crippen LogP contribution in [0.25, 0.3) is 5.70 Å². The van der Waals surface area contributed by atoms with E-state index in [-0.39, 0.29) is 5.91 Å². The Bertz CT molecular complexity index is 845. The summed E-state index contributed by atoms with van der Waals surface area (Å²) in [6.07, 6.45) is 9.73. The topological polar surface area (TPSA) is 57.3 Å². The first-order chi connectivity index (χ1) is 12.7. The van der Waals surface area contributed by atoms with E-state index in [1.54, 1.807) is 0 Å². The minimum Gasteiger partial charge on any atom is -0.371 e. The molecule has 26 heavy (non-hydrogen) atoms. The van der Waals surface area contributed by atoms with Crippen LogP contribution in [0.15, 0.2) is 47.4 Å². The van der Waals surface area contributed by atoms with Crippen molar-refractivity contribution in [2.75, 3.05) is 19.6 Å². The number of aromatic nitrogens is 1. The third-order valence-electron chi connectivity index (χ3n) is 5.85. The summed E-state index contributed by atoms with van der Waals surface area (Å²) < 4.78 is 0. The number of hydrogen-bond donors (Lipinski definition) is 2. The third kappa shape index (κ3) is 2.71. The van der Waals surface area contributed by atoms with Crippen LogP contribution in [0.3, 0.4) is 0 Å². The Kier molecular flexibility index (Phi) is 3.62. The Morgan fingerprint density at radius 2 is 2.19 bits per heavy atom. The molecule has 5 heteroatoms. The zero-order chi connectivity index (χ0) is 17.7. The molecule has 1 amide bonds. The molecule has 5 nitrogen and oxygen atoms in total. The van der Waals surface area contributed by atoms with Gasteiger partial charge in [0.1, 0.15) is 5.70 Å². The number of carbonyl (C=O) groups excluding carboxylic acids is 1. The number of amides is 1. The Balaban J connectivity index is 1.51. The lowest BCUT2D eigenvalue weighted by atomic mass is 9.94. The van der Waals surface area contributed by atoms with Gasteiger partial charge in [-0.15, -0.1) is 0 Å². The quantitative estimate of drug-likeness (QED) is 0.877. The Morgan fingerprint density at radius 1 is 1.31 bits per heavy atom. The van der Waals surface area contributed by atoms with Crippen molar-refractivity contribution >= 4 is 11.6 Å². The van der Waals surface area contributed by atoms with Gasteiger partial charge in [0.05, 0.1) is 0 Å². The van der Waals surface area contributed by atoms with Gasteiger partial charge in [-0.3, -0.25) is 9.78 Å². The third-order valence-corrected chi connectivity index (χ3v) is 5.85. The lowest BCUT2D eigenvalue weighted by Gasteiger charge is -2.23. The number of fused-ring (bicyclic) bond motifs is 5. The molecule has 0 unspecified atom stereocenters. The Labute approximate surface area is 153 Å². The van der Waals surface area contributed by atoms with Crippen molar-refractivity contribution in [1.82, 2.24) is 20.5 Å². The van der Waals surface area contributed by atoms with E-state index in [9.17, 15) is 4.79 Å². The number of hydrogen-bond acceptors (Lipinski definition) is 4. The van der Waals surface area contributed by atoms with E-state index in [0.29, 0.717) is 11.8 Å². The van der Waals surface area contributed by atoms with Crippen molar-refractivity contribution in [1.29, 1.82) is 0 Å². The van der Waals surface area contributed by atoms with Crippen LogP contribution in [0.4, 0.5) is 0 Å². The Morgan fingerprint density at radius 3 is 2.96 bits per heavy atom. The summed E-state index contributed by atoms with van der Waals surface area (Å²) in [4.78, 5) is 19.8. The van der Waals surface area contributed by atoms with Crippen LogP contribution in [0, 0.1) is 18.8 Å². The van der Waals surface area contributed by atoms with E-state index in [1.807, 2.05) is 19.2 Å². The fourth-order valence-electron chi connectivity index (χ4n) is 4.15. The number of rotatable bonds is 4. The molecule has 1 aromatic heterocycles. The lowest BCUT2D eigenvalue weighted by Crippen LogP contribution is -2.34. The predicted molar refractivity (Wildman–Crippen MR) is 101 cm³/mol. The van der Waals surface area contributed by atoms with Crippen LogP contribution in [0.5, 0.6) is 0 Å². The molecule has 0 spiro atoms. The molecule has 3 fully saturated rings. The lowest BCUT2D eigenvalue weighted by molar-refractivity contribution is -0.117. The van der Waals surface area contributed by atoms with Crippen LogP contribution in [-0.2, 0) is 4.79 Å². The molecule has 3 aliphatic heterocycles. The molecule has 4 heterocycles. The standard InChI is InChI=1S/C21H24N4O/c1-13-2-5-15(11-22-13)17-6-7-18-19(16-8-9-25(18)12-16)20(24-17)21(26)23-10-14-3-4-14/h2,5-7,11,14,16,24H,3-4,8-10,12H2,1H3,(H,23,26)/t16-/m1/s1. The highest BCUT2D eigenvalue weighted by atomic mass is 16.2. The fraction of sp³-hybridized carbons (Fsp3) is 0.429. The van der Waals surface area contributed by atoms with Gasteiger partial charge in [-0.2, -0.15) is 0 Å². The first-order valence-corrected chi connectivity index (χ1v) is 9.59. The van der Waals surface area contributed by atoms with Crippen LogP contribution >= 0.6 is 0 Å². The van der Waals surface area contributed by atoms with Crippen molar-refractivity contribution in [3.8, 4) is 0 Å². The van der Waals surface area contributed by atoms with E-state index in [0.717, 1.165) is 48.7 Å². The summed E-state index contributed by atoms with van der Waals surface area (Å²) in [5.41, 5.74) is 6.06. The molecular weight excluding hydrogens is 324 g/mol. The number of nitrogens with zero attached hydrogens (tertiary/aromatic N) is 2. The molecule has 5 rings (SSSR count). The highest BCUT2D eigenvalue weighted by molar-refractivity contribution is 5.97. The normalized spacial score (nSPS) is 23.9. The molecule has 1 aromatic rings. The van der Waals surface area contributed by atoms with Crippen LogP contribution in [0.2, 0.25) is 0 Å². The van der Waals surface area contributed by atoms with Gasteiger partial charge in [-0.05, 0) is 56.4 Å². The average Bonchev–Trinajstić information content (AvgIpc) is 3.33. The highest BCUT2D eigenvalue weighted by Gasteiger charge is 2.41. The maximum Gasteiger partial charge on any atom is 0.268 e. The smallest absolute Gasteiger partial charge is 0.268 e. The van der Waals surface area contributed by atoms with Gasteiger partial charge in [-0.25, -0.2) is 0 Å². The second-order valence-electron chi connectivity index (χ2n) is 7.82. The molecule has 134 valence electrons. The second kappa shape index (κ2) is 6.01.